The van der Waals surface area contributed by atoms with Gasteiger partial charge in [-0.25, -0.2) is 4.39 Å². The van der Waals surface area contributed by atoms with Gasteiger partial charge in [0.15, 0.2) is 0 Å². The lowest BCUT2D eigenvalue weighted by molar-refractivity contribution is 0.0876. The van der Waals surface area contributed by atoms with Crippen LogP contribution < -0.4 is 5.32 Å². The van der Waals surface area contributed by atoms with Crippen molar-refractivity contribution < 1.29 is 9.13 Å². The van der Waals surface area contributed by atoms with E-state index < -0.39 is 0 Å². The van der Waals surface area contributed by atoms with E-state index in [1.807, 2.05) is 0 Å². The molecule has 1 aromatic carbocycles. The highest BCUT2D eigenvalue weighted by Gasteiger charge is 2.14. The Morgan fingerprint density at radius 3 is 3.07 bits per heavy atom. The molecular formula is C11H13BrFNO. The van der Waals surface area contributed by atoms with Crippen LogP contribution in [0.5, 0.6) is 0 Å². The summed E-state index contributed by atoms with van der Waals surface area (Å²) in [5, 5.41) is 3.28. The first-order valence-corrected chi connectivity index (χ1v) is 5.84. The zero-order chi connectivity index (χ0) is 10.7. The number of rotatable bonds is 2. The fraction of sp³-hybridized carbons (Fsp3) is 0.455. The smallest absolute Gasteiger partial charge is 0.125 e. The minimum Gasteiger partial charge on any atom is -0.379 e. The molecule has 82 valence electrons. The lowest BCUT2D eigenvalue weighted by Crippen LogP contribution is -2.30. The first-order chi connectivity index (χ1) is 7.25. The summed E-state index contributed by atoms with van der Waals surface area (Å²) in [5.41, 5.74) is 0.797. The summed E-state index contributed by atoms with van der Waals surface area (Å²) in [6, 6.07) is 4.93. The van der Waals surface area contributed by atoms with Crippen LogP contribution >= 0.6 is 15.9 Å². The van der Waals surface area contributed by atoms with Crippen LogP contribution in [0.2, 0.25) is 0 Å². The molecule has 0 radical (unpaired) electrons. The highest BCUT2D eigenvalue weighted by Crippen LogP contribution is 2.25. The Morgan fingerprint density at radius 1 is 1.47 bits per heavy atom. The molecule has 0 aromatic heterocycles. The summed E-state index contributed by atoms with van der Waals surface area (Å²) in [6.45, 7) is 1.53. The second-order valence-corrected chi connectivity index (χ2v) is 4.54. The van der Waals surface area contributed by atoms with E-state index in [9.17, 15) is 4.39 Å². The van der Waals surface area contributed by atoms with Crippen molar-refractivity contribution >= 4 is 21.6 Å². The molecule has 1 aliphatic rings. The molecule has 0 spiro atoms. The molecule has 1 atom stereocenters. The predicted octanol–water partition coefficient (Wildman–Crippen LogP) is 3.18. The van der Waals surface area contributed by atoms with Crippen molar-refractivity contribution in [2.24, 2.45) is 0 Å². The molecule has 0 aliphatic carbocycles. The van der Waals surface area contributed by atoms with Gasteiger partial charge in [0.05, 0.1) is 12.3 Å². The van der Waals surface area contributed by atoms with Gasteiger partial charge in [0, 0.05) is 17.1 Å². The van der Waals surface area contributed by atoms with Crippen LogP contribution in [0.1, 0.15) is 12.8 Å². The molecule has 1 aromatic rings. The van der Waals surface area contributed by atoms with Crippen molar-refractivity contribution in [1.29, 1.82) is 0 Å². The van der Waals surface area contributed by atoms with Gasteiger partial charge >= 0.3 is 0 Å². The molecule has 1 unspecified atom stereocenters. The first-order valence-electron chi connectivity index (χ1n) is 5.05. The Hall–Kier alpha value is -0.610. The number of nitrogens with one attached hydrogen (secondary N) is 1. The Morgan fingerprint density at radius 2 is 2.33 bits per heavy atom. The van der Waals surface area contributed by atoms with Gasteiger partial charge in [-0.3, -0.25) is 0 Å². The van der Waals surface area contributed by atoms with Gasteiger partial charge in [0.2, 0.25) is 0 Å². The standard InChI is InChI=1S/C11H13BrFNO/c12-10-4-3-8(13)6-11(10)14-9-2-1-5-15-7-9/h3-4,6,9,14H,1-2,5,7H2. The third-order valence-corrected chi connectivity index (χ3v) is 3.14. The van der Waals surface area contributed by atoms with Gasteiger partial charge in [0.1, 0.15) is 5.82 Å². The molecule has 1 aliphatic heterocycles. The maximum atomic E-state index is 13.0. The fourth-order valence-corrected chi connectivity index (χ4v) is 2.04. The second kappa shape index (κ2) is 4.94. The van der Waals surface area contributed by atoms with Crippen molar-refractivity contribution in [3.05, 3.63) is 28.5 Å². The summed E-state index contributed by atoms with van der Waals surface area (Å²) in [5.74, 6) is -0.225. The van der Waals surface area contributed by atoms with Gasteiger partial charge in [-0.05, 0) is 47.0 Å². The Bertz CT molecular complexity index is 339. The zero-order valence-electron chi connectivity index (χ0n) is 8.30. The summed E-state index contributed by atoms with van der Waals surface area (Å²) >= 11 is 3.39. The number of benzene rings is 1. The monoisotopic (exact) mass is 273 g/mol. The van der Waals surface area contributed by atoms with Crippen LogP contribution in [0.4, 0.5) is 10.1 Å². The Balaban J connectivity index is 2.05. The molecule has 1 saturated heterocycles. The average molecular weight is 274 g/mol. The number of hydrogen-bond acceptors (Lipinski definition) is 2. The van der Waals surface area contributed by atoms with Crippen LogP contribution in [0.3, 0.4) is 0 Å². The highest BCUT2D eigenvalue weighted by atomic mass is 79.9. The van der Waals surface area contributed by atoms with Crippen LogP contribution in [0.25, 0.3) is 0 Å². The van der Waals surface area contributed by atoms with Crippen molar-refractivity contribution in [3.8, 4) is 0 Å². The highest BCUT2D eigenvalue weighted by molar-refractivity contribution is 9.10. The number of ether oxygens (including phenoxy) is 1. The van der Waals surface area contributed by atoms with E-state index in [0.29, 0.717) is 6.61 Å². The minimum atomic E-state index is -0.225. The second-order valence-electron chi connectivity index (χ2n) is 3.68. The van der Waals surface area contributed by atoms with E-state index in [1.54, 1.807) is 6.07 Å². The average Bonchev–Trinajstić information content (AvgIpc) is 2.25. The molecule has 15 heavy (non-hydrogen) atoms. The number of hydrogen-bond donors (Lipinski definition) is 1. The van der Waals surface area contributed by atoms with E-state index in [-0.39, 0.29) is 11.9 Å². The largest absolute Gasteiger partial charge is 0.379 e. The van der Waals surface area contributed by atoms with Gasteiger partial charge in [-0.2, -0.15) is 0 Å². The lowest BCUT2D eigenvalue weighted by atomic mass is 10.1. The van der Waals surface area contributed by atoms with Gasteiger partial charge in [-0.1, -0.05) is 0 Å². The van der Waals surface area contributed by atoms with Crippen molar-refractivity contribution in [1.82, 2.24) is 0 Å². The number of anilines is 1. The third kappa shape index (κ3) is 2.92. The lowest BCUT2D eigenvalue weighted by Gasteiger charge is -2.24. The Labute approximate surface area is 96.9 Å². The molecular weight excluding hydrogens is 261 g/mol. The molecule has 1 fully saturated rings. The third-order valence-electron chi connectivity index (χ3n) is 2.45. The molecule has 2 nitrogen and oxygen atoms in total. The maximum absolute atomic E-state index is 13.0. The van der Waals surface area contributed by atoms with Crippen molar-refractivity contribution in [3.63, 3.8) is 0 Å². The van der Waals surface area contributed by atoms with Crippen LogP contribution in [-0.2, 0) is 4.74 Å². The summed E-state index contributed by atoms with van der Waals surface area (Å²) in [4.78, 5) is 0. The van der Waals surface area contributed by atoms with Gasteiger partial charge in [0.25, 0.3) is 0 Å². The fourth-order valence-electron chi connectivity index (χ4n) is 1.68. The summed E-state index contributed by atoms with van der Waals surface area (Å²) in [7, 11) is 0. The van der Waals surface area contributed by atoms with Crippen LogP contribution in [-0.4, -0.2) is 19.3 Å². The van der Waals surface area contributed by atoms with Crippen LogP contribution in [0.15, 0.2) is 22.7 Å². The molecule has 2 rings (SSSR count). The molecule has 1 heterocycles. The summed E-state index contributed by atoms with van der Waals surface area (Å²) < 4.78 is 19.2. The molecule has 0 amide bonds. The normalized spacial score (nSPS) is 21.3. The van der Waals surface area contributed by atoms with Crippen LogP contribution in [0, 0.1) is 5.82 Å². The van der Waals surface area contributed by atoms with E-state index >= 15 is 0 Å². The van der Waals surface area contributed by atoms with E-state index in [4.69, 9.17) is 4.74 Å². The topological polar surface area (TPSA) is 21.3 Å². The molecule has 0 bridgehead atoms. The van der Waals surface area contributed by atoms with Crippen molar-refractivity contribution in [2.45, 2.75) is 18.9 Å². The quantitative estimate of drug-likeness (QED) is 0.894. The predicted molar refractivity (Wildman–Crippen MR) is 61.6 cm³/mol. The van der Waals surface area contributed by atoms with E-state index in [2.05, 4.69) is 21.2 Å². The van der Waals surface area contributed by atoms with E-state index in [0.717, 1.165) is 29.6 Å². The maximum Gasteiger partial charge on any atom is 0.125 e. The number of halogens is 2. The molecule has 1 N–H and O–H groups in total. The van der Waals surface area contributed by atoms with E-state index in [1.165, 1.54) is 12.1 Å². The van der Waals surface area contributed by atoms with Gasteiger partial charge in [-0.15, -0.1) is 0 Å². The molecule has 4 heteroatoms. The minimum absolute atomic E-state index is 0.225. The zero-order valence-corrected chi connectivity index (χ0v) is 9.89. The van der Waals surface area contributed by atoms with Gasteiger partial charge < -0.3 is 10.1 Å². The summed E-state index contributed by atoms with van der Waals surface area (Å²) in [6.07, 6.45) is 2.13. The Kier molecular flexibility index (Phi) is 3.59. The molecule has 0 saturated carbocycles. The van der Waals surface area contributed by atoms with Crippen molar-refractivity contribution in [2.75, 3.05) is 18.5 Å². The SMILES string of the molecule is Fc1ccc(Br)c(NC2CCCOC2)c1. The first kappa shape index (κ1) is 10.9.